The fourth-order valence-corrected chi connectivity index (χ4v) is 3.03. The molecule has 1 N–H and O–H groups in total. The molecule has 0 aliphatic carbocycles. The van der Waals surface area contributed by atoms with Crippen molar-refractivity contribution in [2.45, 2.75) is 72.4 Å². The lowest BCUT2D eigenvalue weighted by Gasteiger charge is -2.20. The second-order valence-corrected chi connectivity index (χ2v) is 8.06. The highest BCUT2D eigenvalue weighted by atomic mass is 16.5. The zero-order valence-corrected chi connectivity index (χ0v) is 17.6. The quantitative estimate of drug-likeness (QED) is 0.731. The zero-order valence-electron chi connectivity index (χ0n) is 17.6. The zero-order chi connectivity index (χ0) is 20.0. The second-order valence-electron chi connectivity index (χ2n) is 8.06. The number of rotatable bonds is 7. The summed E-state index contributed by atoms with van der Waals surface area (Å²) in [6.45, 7) is 13.1. The summed E-state index contributed by atoms with van der Waals surface area (Å²) in [5, 5.41) is 3.02. The van der Waals surface area contributed by atoms with Crippen LogP contribution in [0.15, 0.2) is 42.5 Å². The molecule has 0 fully saturated rings. The number of hydrogen-bond donors (Lipinski definition) is 1. The molecule has 3 heteroatoms. The Labute approximate surface area is 164 Å². The summed E-state index contributed by atoms with van der Waals surface area (Å²) < 4.78 is 5.82. The van der Waals surface area contributed by atoms with E-state index in [4.69, 9.17) is 4.74 Å². The van der Waals surface area contributed by atoms with Crippen LogP contribution in [0.25, 0.3) is 0 Å². The minimum Gasteiger partial charge on any atom is -0.481 e. The van der Waals surface area contributed by atoms with Gasteiger partial charge in [-0.05, 0) is 59.6 Å². The van der Waals surface area contributed by atoms with Gasteiger partial charge in [0.15, 0.2) is 6.10 Å². The number of hydrogen-bond acceptors (Lipinski definition) is 2. The summed E-state index contributed by atoms with van der Waals surface area (Å²) in [4.78, 5) is 12.5. The van der Waals surface area contributed by atoms with Gasteiger partial charge in [0, 0.05) is 6.54 Å². The Morgan fingerprint density at radius 2 is 1.67 bits per heavy atom. The van der Waals surface area contributed by atoms with Gasteiger partial charge in [-0.1, -0.05) is 65.0 Å². The Morgan fingerprint density at radius 3 is 2.22 bits per heavy atom. The summed E-state index contributed by atoms with van der Waals surface area (Å²) in [6.07, 6.45) is 1.42. The van der Waals surface area contributed by atoms with E-state index < -0.39 is 6.10 Å². The van der Waals surface area contributed by atoms with Gasteiger partial charge >= 0.3 is 0 Å². The Bertz CT molecular complexity index is 757. The Morgan fingerprint density at radius 1 is 1.00 bits per heavy atom. The third-order valence-electron chi connectivity index (χ3n) is 4.92. The van der Waals surface area contributed by atoms with Gasteiger partial charge in [0.1, 0.15) is 5.75 Å². The average molecular weight is 368 g/mol. The van der Waals surface area contributed by atoms with Crippen LogP contribution in [0.5, 0.6) is 5.75 Å². The Kier molecular flexibility index (Phi) is 7.06. The molecule has 2 aromatic carbocycles. The van der Waals surface area contributed by atoms with E-state index in [0.29, 0.717) is 12.3 Å². The van der Waals surface area contributed by atoms with Crippen LogP contribution in [0.1, 0.15) is 63.8 Å². The Hall–Kier alpha value is -2.29. The lowest BCUT2D eigenvalue weighted by atomic mass is 9.87. The third kappa shape index (κ3) is 5.85. The molecule has 2 rings (SSSR count). The van der Waals surface area contributed by atoms with Gasteiger partial charge in [0.2, 0.25) is 0 Å². The van der Waals surface area contributed by atoms with E-state index in [-0.39, 0.29) is 11.3 Å². The van der Waals surface area contributed by atoms with Crippen molar-refractivity contribution in [3.63, 3.8) is 0 Å². The van der Waals surface area contributed by atoms with Crippen LogP contribution in [0, 0.1) is 0 Å². The molecule has 0 aromatic heterocycles. The highest BCUT2D eigenvalue weighted by Crippen LogP contribution is 2.24. The van der Waals surface area contributed by atoms with Crippen molar-refractivity contribution in [3.05, 3.63) is 64.7 Å². The molecule has 0 heterocycles. The summed E-state index contributed by atoms with van der Waals surface area (Å²) in [5.74, 6) is 0.617. The van der Waals surface area contributed by atoms with Crippen LogP contribution >= 0.6 is 0 Å². The first kappa shape index (κ1) is 21.0. The molecule has 0 saturated carbocycles. The first-order chi connectivity index (χ1) is 12.7. The maximum atomic E-state index is 12.5. The van der Waals surface area contributed by atoms with Gasteiger partial charge in [-0.3, -0.25) is 4.79 Å². The molecular formula is C24H33NO2. The summed E-state index contributed by atoms with van der Waals surface area (Å²) in [5.41, 5.74) is 5.10. The monoisotopic (exact) mass is 367 g/mol. The van der Waals surface area contributed by atoms with Crippen LogP contribution in [0.3, 0.4) is 0 Å². The van der Waals surface area contributed by atoms with Gasteiger partial charge in [0.25, 0.3) is 5.91 Å². The Balaban J connectivity index is 1.96. The molecule has 146 valence electrons. The fourth-order valence-electron chi connectivity index (χ4n) is 3.03. The largest absolute Gasteiger partial charge is 0.481 e. The van der Waals surface area contributed by atoms with Gasteiger partial charge in [0.05, 0.1) is 0 Å². The summed E-state index contributed by atoms with van der Waals surface area (Å²) in [6, 6.07) is 14.5. The van der Waals surface area contributed by atoms with Crippen molar-refractivity contribution in [3.8, 4) is 5.75 Å². The molecule has 0 aliphatic rings. The number of amides is 1. The summed E-state index contributed by atoms with van der Waals surface area (Å²) >= 11 is 0. The average Bonchev–Trinajstić information content (AvgIpc) is 2.65. The predicted octanol–water partition coefficient (Wildman–Crippen LogP) is 5.19. The molecule has 0 unspecified atom stereocenters. The molecule has 0 aliphatic heterocycles. The van der Waals surface area contributed by atoms with Crippen molar-refractivity contribution >= 4 is 5.91 Å². The van der Waals surface area contributed by atoms with E-state index in [1.807, 2.05) is 12.1 Å². The predicted molar refractivity (Wildman–Crippen MR) is 112 cm³/mol. The smallest absolute Gasteiger partial charge is 0.261 e. The van der Waals surface area contributed by atoms with Crippen LogP contribution < -0.4 is 10.1 Å². The molecule has 0 saturated heterocycles. The van der Waals surface area contributed by atoms with Gasteiger partial charge < -0.3 is 10.1 Å². The first-order valence-corrected chi connectivity index (χ1v) is 9.90. The van der Waals surface area contributed by atoms with Crippen molar-refractivity contribution in [1.82, 2.24) is 5.32 Å². The molecule has 0 bridgehead atoms. The van der Waals surface area contributed by atoms with E-state index in [0.717, 1.165) is 12.8 Å². The van der Waals surface area contributed by atoms with Crippen molar-refractivity contribution < 1.29 is 9.53 Å². The molecule has 0 radical (unpaired) electrons. The van der Waals surface area contributed by atoms with Crippen molar-refractivity contribution in [2.24, 2.45) is 0 Å². The van der Waals surface area contributed by atoms with Gasteiger partial charge in [-0.25, -0.2) is 0 Å². The van der Waals surface area contributed by atoms with E-state index in [1.165, 1.54) is 22.3 Å². The normalized spacial score (nSPS) is 12.5. The number of carbonyl (C=O) groups is 1. The maximum Gasteiger partial charge on any atom is 0.261 e. The van der Waals surface area contributed by atoms with Crippen LogP contribution in [-0.2, 0) is 29.6 Å². The molecule has 2 aromatic rings. The van der Waals surface area contributed by atoms with E-state index >= 15 is 0 Å². The topological polar surface area (TPSA) is 38.3 Å². The molecule has 1 amide bonds. The SMILES string of the molecule is CCc1ccc(CC)c(CNC(=O)[C@@H](C)Oc2ccc(C(C)(C)C)cc2)c1. The fraction of sp³-hybridized carbons (Fsp3) is 0.458. The first-order valence-electron chi connectivity index (χ1n) is 9.90. The molecule has 0 spiro atoms. The number of carbonyl (C=O) groups excluding carboxylic acids is 1. The number of aryl methyl sites for hydroxylation is 2. The van der Waals surface area contributed by atoms with Crippen LogP contribution in [0.4, 0.5) is 0 Å². The highest BCUT2D eigenvalue weighted by Gasteiger charge is 2.17. The molecule has 3 nitrogen and oxygen atoms in total. The lowest BCUT2D eigenvalue weighted by Crippen LogP contribution is -2.36. The minimum atomic E-state index is -0.537. The van der Waals surface area contributed by atoms with Crippen molar-refractivity contribution in [2.75, 3.05) is 0 Å². The molecule has 27 heavy (non-hydrogen) atoms. The highest BCUT2D eigenvalue weighted by molar-refractivity contribution is 5.80. The lowest BCUT2D eigenvalue weighted by molar-refractivity contribution is -0.127. The molecular weight excluding hydrogens is 334 g/mol. The van der Waals surface area contributed by atoms with Crippen LogP contribution in [0.2, 0.25) is 0 Å². The second kappa shape index (κ2) is 9.07. The number of nitrogens with one attached hydrogen (secondary N) is 1. The number of benzene rings is 2. The third-order valence-corrected chi connectivity index (χ3v) is 4.92. The standard InChI is InChI=1S/C24H33NO2/c1-7-18-9-10-19(8-2)20(15-18)16-25-23(26)17(3)27-22-13-11-21(12-14-22)24(4,5)6/h9-15,17H,7-8,16H2,1-6H3,(H,25,26)/t17-/m1/s1. The van der Waals surface area contributed by atoms with Crippen molar-refractivity contribution in [1.29, 1.82) is 0 Å². The molecule has 1 atom stereocenters. The van der Waals surface area contributed by atoms with E-state index in [9.17, 15) is 4.79 Å². The van der Waals surface area contributed by atoms with Crippen LogP contribution in [-0.4, -0.2) is 12.0 Å². The maximum absolute atomic E-state index is 12.5. The minimum absolute atomic E-state index is 0.0983. The number of ether oxygens (including phenoxy) is 1. The van der Waals surface area contributed by atoms with E-state index in [1.54, 1.807) is 6.92 Å². The summed E-state index contributed by atoms with van der Waals surface area (Å²) in [7, 11) is 0. The van der Waals surface area contributed by atoms with E-state index in [2.05, 4.69) is 70.3 Å². The van der Waals surface area contributed by atoms with Gasteiger partial charge in [-0.15, -0.1) is 0 Å². The van der Waals surface area contributed by atoms with Gasteiger partial charge in [-0.2, -0.15) is 0 Å².